The molecule has 0 amide bonds. The number of alkyl halides is 3. The van der Waals surface area contributed by atoms with Crippen LogP contribution in [0.3, 0.4) is 0 Å². The van der Waals surface area contributed by atoms with Gasteiger partial charge in [0.15, 0.2) is 0 Å². The predicted molar refractivity (Wildman–Crippen MR) is 80.6 cm³/mol. The van der Waals surface area contributed by atoms with Gasteiger partial charge < -0.3 is 10.0 Å². The summed E-state index contributed by atoms with van der Waals surface area (Å²) < 4.78 is 38.4. The lowest BCUT2D eigenvalue weighted by Gasteiger charge is -2.26. The second kappa shape index (κ2) is 6.83. The van der Waals surface area contributed by atoms with E-state index in [1.807, 2.05) is 35.2 Å². The third kappa shape index (κ3) is 4.49. The van der Waals surface area contributed by atoms with E-state index in [0.717, 1.165) is 17.8 Å². The minimum absolute atomic E-state index is 0.304. The summed E-state index contributed by atoms with van der Waals surface area (Å²) in [4.78, 5) is 1.86. The maximum Gasteiger partial charge on any atom is 0.416 e. The molecule has 0 aromatic heterocycles. The second-order valence-corrected chi connectivity index (χ2v) is 5.26. The maximum absolute atomic E-state index is 12.8. The zero-order chi connectivity index (χ0) is 16.2. The van der Waals surface area contributed by atoms with E-state index < -0.39 is 17.8 Å². The first kappa shape index (κ1) is 16.4. The van der Waals surface area contributed by atoms with Gasteiger partial charge in [0.05, 0.1) is 11.7 Å². The first-order valence-corrected chi connectivity index (χ1v) is 7.00. The molecular weight excluding hydrogens is 291 g/mol. The number of aliphatic hydroxyl groups excluding tert-OH is 1. The summed E-state index contributed by atoms with van der Waals surface area (Å²) >= 11 is 0. The fourth-order valence-electron chi connectivity index (χ4n) is 2.29. The molecule has 0 bridgehead atoms. The summed E-state index contributed by atoms with van der Waals surface area (Å²) in [7, 11) is 0. The van der Waals surface area contributed by atoms with Crippen LogP contribution in [0.2, 0.25) is 0 Å². The lowest BCUT2D eigenvalue weighted by atomic mass is 10.1. The monoisotopic (exact) mass is 309 g/mol. The van der Waals surface area contributed by atoms with Crippen LogP contribution in [0, 0.1) is 0 Å². The first-order valence-electron chi connectivity index (χ1n) is 7.00. The summed E-state index contributed by atoms with van der Waals surface area (Å²) in [5.74, 6) is 0. The predicted octanol–water partition coefficient (Wildman–Crippen LogP) is 4.09. The van der Waals surface area contributed by atoms with E-state index in [0.29, 0.717) is 18.7 Å². The van der Waals surface area contributed by atoms with Crippen LogP contribution in [-0.2, 0) is 12.7 Å². The standard InChI is InChI=1S/C17H18F3NO/c1-13(22)11-21(16-8-3-2-4-9-16)12-14-6-5-7-15(10-14)17(18,19)20/h2-10,13,22H,11-12H2,1H3. The fourth-order valence-corrected chi connectivity index (χ4v) is 2.29. The number of hydrogen-bond acceptors (Lipinski definition) is 2. The molecule has 2 rings (SSSR count). The Labute approximate surface area is 127 Å². The summed E-state index contributed by atoms with van der Waals surface area (Å²) in [6.45, 7) is 2.31. The number of anilines is 1. The summed E-state index contributed by atoms with van der Waals surface area (Å²) in [6, 6.07) is 14.6. The van der Waals surface area contributed by atoms with Crippen LogP contribution in [0.4, 0.5) is 18.9 Å². The molecule has 22 heavy (non-hydrogen) atoms. The Bertz CT molecular complexity index is 596. The molecule has 0 saturated carbocycles. The van der Waals surface area contributed by atoms with E-state index in [1.165, 1.54) is 6.07 Å². The zero-order valence-corrected chi connectivity index (χ0v) is 12.2. The average Bonchev–Trinajstić information content (AvgIpc) is 2.46. The molecule has 0 heterocycles. The largest absolute Gasteiger partial charge is 0.416 e. The molecule has 0 aliphatic carbocycles. The normalized spacial score (nSPS) is 13.0. The molecule has 2 nitrogen and oxygen atoms in total. The molecule has 1 unspecified atom stereocenters. The summed E-state index contributed by atoms with van der Waals surface area (Å²) in [5, 5.41) is 9.62. The molecule has 0 aliphatic heterocycles. The van der Waals surface area contributed by atoms with Crippen molar-refractivity contribution >= 4 is 5.69 Å². The fraction of sp³-hybridized carbons (Fsp3) is 0.294. The molecule has 0 fully saturated rings. The molecule has 2 aromatic carbocycles. The van der Waals surface area contributed by atoms with E-state index in [4.69, 9.17) is 0 Å². The molecule has 5 heteroatoms. The highest BCUT2D eigenvalue weighted by atomic mass is 19.4. The van der Waals surface area contributed by atoms with E-state index in [9.17, 15) is 18.3 Å². The topological polar surface area (TPSA) is 23.5 Å². The highest BCUT2D eigenvalue weighted by Crippen LogP contribution is 2.30. The quantitative estimate of drug-likeness (QED) is 0.899. The Hall–Kier alpha value is -2.01. The third-order valence-electron chi connectivity index (χ3n) is 3.23. The molecular formula is C17H18F3NO. The average molecular weight is 309 g/mol. The zero-order valence-electron chi connectivity index (χ0n) is 12.2. The minimum Gasteiger partial charge on any atom is -0.392 e. The Kier molecular flexibility index (Phi) is 5.08. The van der Waals surface area contributed by atoms with Crippen LogP contribution in [0.1, 0.15) is 18.1 Å². The van der Waals surface area contributed by atoms with Gasteiger partial charge in [0.1, 0.15) is 0 Å². The lowest BCUT2D eigenvalue weighted by Crippen LogP contribution is -2.30. The van der Waals surface area contributed by atoms with Crippen LogP contribution in [-0.4, -0.2) is 17.8 Å². The number of rotatable bonds is 5. The lowest BCUT2D eigenvalue weighted by molar-refractivity contribution is -0.137. The van der Waals surface area contributed by atoms with Crippen LogP contribution in [0.5, 0.6) is 0 Å². The van der Waals surface area contributed by atoms with Crippen molar-refractivity contribution in [2.75, 3.05) is 11.4 Å². The Morgan fingerprint density at radius 1 is 1.05 bits per heavy atom. The van der Waals surface area contributed by atoms with Crippen molar-refractivity contribution in [3.8, 4) is 0 Å². The molecule has 0 aliphatic rings. The van der Waals surface area contributed by atoms with E-state index in [2.05, 4.69) is 0 Å². The number of aliphatic hydroxyl groups is 1. The number of para-hydroxylation sites is 1. The van der Waals surface area contributed by atoms with Crippen LogP contribution in [0.15, 0.2) is 54.6 Å². The SMILES string of the molecule is CC(O)CN(Cc1cccc(C(F)(F)F)c1)c1ccccc1. The number of nitrogens with zero attached hydrogens (tertiary/aromatic N) is 1. The van der Waals surface area contributed by atoms with E-state index in [1.54, 1.807) is 13.0 Å². The van der Waals surface area contributed by atoms with Crippen molar-refractivity contribution in [3.05, 3.63) is 65.7 Å². The van der Waals surface area contributed by atoms with Crippen molar-refractivity contribution in [1.29, 1.82) is 0 Å². The molecule has 0 saturated heterocycles. The van der Waals surface area contributed by atoms with Crippen molar-refractivity contribution in [2.45, 2.75) is 25.7 Å². The van der Waals surface area contributed by atoms with Crippen molar-refractivity contribution in [2.24, 2.45) is 0 Å². The third-order valence-corrected chi connectivity index (χ3v) is 3.23. The Balaban J connectivity index is 2.24. The van der Waals surface area contributed by atoms with Gasteiger partial charge in [-0.15, -0.1) is 0 Å². The minimum atomic E-state index is -4.35. The van der Waals surface area contributed by atoms with E-state index in [-0.39, 0.29) is 0 Å². The number of hydrogen-bond donors (Lipinski definition) is 1. The van der Waals surface area contributed by atoms with Gasteiger partial charge in [-0.1, -0.05) is 30.3 Å². The summed E-state index contributed by atoms with van der Waals surface area (Å²) in [6.07, 6.45) is -4.93. The van der Waals surface area contributed by atoms with Crippen molar-refractivity contribution in [3.63, 3.8) is 0 Å². The molecule has 1 atom stereocenters. The highest BCUT2D eigenvalue weighted by molar-refractivity contribution is 5.47. The van der Waals surface area contributed by atoms with Gasteiger partial charge in [0.2, 0.25) is 0 Å². The highest BCUT2D eigenvalue weighted by Gasteiger charge is 2.30. The van der Waals surface area contributed by atoms with Gasteiger partial charge in [-0.25, -0.2) is 0 Å². The van der Waals surface area contributed by atoms with Crippen LogP contribution < -0.4 is 4.90 Å². The number of halogens is 3. The van der Waals surface area contributed by atoms with Gasteiger partial charge in [0, 0.05) is 18.8 Å². The smallest absolute Gasteiger partial charge is 0.392 e. The molecule has 1 N–H and O–H groups in total. The van der Waals surface area contributed by atoms with Crippen LogP contribution in [0.25, 0.3) is 0 Å². The molecule has 118 valence electrons. The first-order chi connectivity index (χ1) is 10.4. The molecule has 0 radical (unpaired) electrons. The second-order valence-electron chi connectivity index (χ2n) is 5.26. The van der Waals surface area contributed by atoms with Gasteiger partial charge >= 0.3 is 6.18 Å². The number of benzene rings is 2. The summed E-state index contributed by atoms with van der Waals surface area (Å²) in [5.41, 5.74) is 0.759. The van der Waals surface area contributed by atoms with Crippen molar-refractivity contribution in [1.82, 2.24) is 0 Å². The van der Waals surface area contributed by atoms with Gasteiger partial charge in [-0.2, -0.15) is 13.2 Å². The van der Waals surface area contributed by atoms with Gasteiger partial charge in [-0.05, 0) is 36.8 Å². The Morgan fingerprint density at radius 2 is 1.73 bits per heavy atom. The van der Waals surface area contributed by atoms with Gasteiger partial charge in [0.25, 0.3) is 0 Å². The molecule has 0 spiro atoms. The van der Waals surface area contributed by atoms with Crippen LogP contribution >= 0.6 is 0 Å². The Morgan fingerprint density at radius 3 is 2.32 bits per heavy atom. The molecule has 2 aromatic rings. The van der Waals surface area contributed by atoms with Gasteiger partial charge in [-0.3, -0.25) is 0 Å². The maximum atomic E-state index is 12.8. The van der Waals surface area contributed by atoms with Crippen molar-refractivity contribution < 1.29 is 18.3 Å². The van der Waals surface area contributed by atoms with E-state index >= 15 is 0 Å².